The van der Waals surface area contributed by atoms with Gasteiger partial charge in [0.15, 0.2) is 0 Å². The summed E-state index contributed by atoms with van der Waals surface area (Å²) in [6, 6.07) is 4.37. The summed E-state index contributed by atoms with van der Waals surface area (Å²) in [5.74, 6) is 1.05. The SMILES string of the molecule is CCN(Cc1cccs1)CC1(CS)CC1. The lowest BCUT2D eigenvalue weighted by Crippen LogP contribution is -2.30. The van der Waals surface area contributed by atoms with Gasteiger partial charge in [0.25, 0.3) is 0 Å². The van der Waals surface area contributed by atoms with Gasteiger partial charge in [-0.25, -0.2) is 0 Å². The zero-order valence-corrected chi connectivity index (χ0v) is 11.0. The van der Waals surface area contributed by atoms with Gasteiger partial charge in [-0.2, -0.15) is 12.6 Å². The summed E-state index contributed by atoms with van der Waals surface area (Å²) in [5, 5.41) is 2.16. The third-order valence-electron chi connectivity index (χ3n) is 3.26. The quantitative estimate of drug-likeness (QED) is 0.748. The lowest BCUT2D eigenvalue weighted by Gasteiger charge is -2.24. The van der Waals surface area contributed by atoms with E-state index >= 15 is 0 Å². The van der Waals surface area contributed by atoms with Gasteiger partial charge in [0.2, 0.25) is 0 Å². The Morgan fingerprint density at radius 3 is 2.80 bits per heavy atom. The molecule has 3 heteroatoms. The van der Waals surface area contributed by atoms with Crippen molar-refractivity contribution in [3.05, 3.63) is 22.4 Å². The van der Waals surface area contributed by atoms with E-state index in [4.69, 9.17) is 0 Å². The fourth-order valence-electron chi connectivity index (χ4n) is 1.92. The standard InChI is InChI=1S/C12H19NS2/c1-2-13(8-11-4-3-7-15-11)9-12(10-14)5-6-12/h3-4,7,14H,2,5-6,8-10H2,1H3. The molecule has 1 saturated carbocycles. The molecular formula is C12H19NS2. The Morgan fingerprint density at radius 2 is 2.33 bits per heavy atom. The monoisotopic (exact) mass is 241 g/mol. The van der Waals surface area contributed by atoms with Crippen LogP contribution < -0.4 is 0 Å². The highest BCUT2D eigenvalue weighted by Gasteiger charge is 2.42. The molecule has 0 aromatic carbocycles. The summed E-state index contributed by atoms with van der Waals surface area (Å²) in [6.07, 6.45) is 2.74. The topological polar surface area (TPSA) is 3.24 Å². The largest absolute Gasteiger partial charge is 0.298 e. The van der Waals surface area contributed by atoms with Crippen LogP contribution in [-0.4, -0.2) is 23.7 Å². The van der Waals surface area contributed by atoms with Gasteiger partial charge in [0.1, 0.15) is 0 Å². The van der Waals surface area contributed by atoms with Crippen molar-refractivity contribution in [3.8, 4) is 0 Å². The molecule has 1 aromatic heterocycles. The molecule has 0 saturated heterocycles. The molecule has 0 atom stereocenters. The van der Waals surface area contributed by atoms with E-state index in [2.05, 4.69) is 42.0 Å². The molecule has 0 unspecified atom stereocenters. The lowest BCUT2D eigenvalue weighted by atomic mass is 10.1. The molecule has 1 aliphatic rings. The van der Waals surface area contributed by atoms with Gasteiger partial charge in [-0.3, -0.25) is 4.90 Å². The van der Waals surface area contributed by atoms with Crippen molar-refractivity contribution in [1.82, 2.24) is 4.90 Å². The maximum absolute atomic E-state index is 4.47. The Bertz CT molecular complexity index is 291. The van der Waals surface area contributed by atoms with E-state index < -0.39 is 0 Å². The second-order valence-electron chi connectivity index (χ2n) is 4.54. The van der Waals surface area contributed by atoms with Gasteiger partial charge in [-0.05, 0) is 42.0 Å². The molecule has 15 heavy (non-hydrogen) atoms. The molecule has 0 bridgehead atoms. The van der Waals surface area contributed by atoms with E-state index in [9.17, 15) is 0 Å². The van der Waals surface area contributed by atoms with Crippen molar-refractivity contribution < 1.29 is 0 Å². The van der Waals surface area contributed by atoms with Gasteiger partial charge >= 0.3 is 0 Å². The maximum atomic E-state index is 4.47. The molecule has 0 amide bonds. The Balaban J connectivity index is 1.88. The summed E-state index contributed by atoms with van der Waals surface area (Å²) < 4.78 is 0. The van der Waals surface area contributed by atoms with Crippen LogP contribution in [0.15, 0.2) is 17.5 Å². The zero-order valence-electron chi connectivity index (χ0n) is 9.28. The van der Waals surface area contributed by atoms with E-state index in [0.717, 1.165) is 18.8 Å². The van der Waals surface area contributed by atoms with Crippen molar-refractivity contribution in [1.29, 1.82) is 0 Å². The predicted octanol–water partition coefficient (Wildman–Crippen LogP) is 3.28. The van der Waals surface area contributed by atoms with Gasteiger partial charge in [0.05, 0.1) is 0 Å². The summed E-state index contributed by atoms with van der Waals surface area (Å²) in [7, 11) is 0. The Hall–Kier alpha value is 0.01000. The first-order valence-corrected chi connectivity index (χ1v) is 7.15. The highest BCUT2D eigenvalue weighted by Crippen LogP contribution is 2.47. The molecule has 1 aromatic rings. The molecule has 1 aliphatic carbocycles. The molecule has 0 aliphatic heterocycles. The third-order valence-corrected chi connectivity index (χ3v) is 4.79. The highest BCUT2D eigenvalue weighted by atomic mass is 32.1. The second-order valence-corrected chi connectivity index (χ2v) is 5.89. The molecule has 1 heterocycles. The molecule has 2 rings (SSSR count). The zero-order chi connectivity index (χ0) is 10.7. The molecule has 84 valence electrons. The number of rotatable bonds is 6. The summed E-state index contributed by atoms with van der Waals surface area (Å²) >= 11 is 6.33. The molecule has 1 nitrogen and oxygen atoms in total. The number of thiophene rings is 1. The fraction of sp³-hybridized carbons (Fsp3) is 0.667. The van der Waals surface area contributed by atoms with Crippen molar-refractivity contribution >= 4 is 24.0 Å². The van der Waals surface area contributed by atoms with Crippen LogP contribution in [0.2, 0.25) is 0 Å². The first-order chi connectivity index (χ1) is 7.28. The van der Waals surface area contributed by atoms with E-state index in [1.54, 1.807) is 0 Å². The predicted molar refractivity (Wildman–Crippen MR) is 70.8 cm³/mol. The van der Waals surface area contributed by atoms with Crippen LogP contribution in [0.3, 0.4) is 0 Å². The molecule has 1 fully saturated rings. The number of thiol groups is 1. The molecule has 0 spiro atoms. The second kappa shape index (κ2) is 4.89. The van der Waals surface area contributed by atoms with E-state index in [-0.39, 0.29) is 0 Å². The molecule has 0 N–H and O–H groups in total. The average Bonchev–Trinajstić information content (AvgIpc) is 2.84. The van der Waals surface area contributed by atoms with E-state index in [1.165, 1.54) is 24.3 Å². The van der Waals surface area contributed by atoms with Gasteiger partial charge in [-0.15, -0.1) is 11.3 Å². The minimum absolute atomic E-state index is 0.552. The number of hydrogen-bond acceptors (Lipinski definition) is 3. The van der Waals surface area contributed by atoms with Crippen LogP contribution in [0.25, 0.3) is 0 Å². The lowest BCUT2D eigenvalue weighted by molar-refractivity contribution is 0.235. The number of nitrogens with zero attached hydrogens (tertiary/aromatic N) is 1. The van der Waals surface area contributed by atoms with E-state index in [0.29, 0.717) is 5.41 Å². The van der Waals surface area contributed by atoms with Crippen molar-refractivity contribution in [2.24, 2.45) is 5.41 Å². The maximum Gasteiger partial charge on any atom is 0.0328 e. The third kappa shape index (κ3) is 2.99. The smallest absolute Gasteiger partial charge is 0.0328 e. The van der Waals surface area contributed by atoms with Gasteiger partial charge in [0, 0.05) is 18.0 Å². The van der Waals surface area contributed by atoms with Crippen LogP contribution in [0.1, 0.15) is 24.6 Å². The summed E-state index contributed by atoms with van der Waals surface area (Å²) in [6.45, 7) is 5.74. The van der Waals surface area contributed by atoms with Crippen LogP contribution in [0.5, 0.6) is 0 Å². The Morgan fingerprint density at radius 1 is 1.53 bits per heavy atom. The first kappa shape index (κ1) is 11.5. The Kier molecular flexibility index (Phi) is 3.75. The van der Waals surface area contributed by atoms with Gasteiger partial charge < -0.3 is 0 Å². The van der Waals surface area contributed by atoms with Crippen molar-refractivity contribution in [2.45, 2.75) is 26.3 Å². The summed E-state index contributed by atoms with van der Waals surface area (Å²) in [4.78, 5) is 4.03. The number of hydrogen-bond donors (Lipinski definition) is 1. The van der Waals surface area contributed by atoms with Crippen LogP contribution in [0.4, 0.5) is 0 Å². The minimum Gasteiger partial charge on any atom is -0.298 e. The van der Waals surface area contributed by atoms with Crippen LogP contribution in [-0.2, 0) is 6.54 Å². The minimum atomic E-state index is 0.552. The average molecular weight is 241 g/mol. The summed E-state index contributed by atoms with van der Waals surface area (Å²) in [5.41, 5.74) is 0.552. The first-order valence-electron chi connectivity index (χ1n) is 5.63. The molecule has 0 radical (unpaired) electrons. The van der Waals surface area contributed by atoms with Gasteiger partial charge in [-0.1, -0.05) is 13.0 Å². The Labute approximate surface area is 102 Å². The molecular weight excluding hydrogens is 222 g/mol. The van der Waals surface area contributed by atoms with E-state index in [1.807, 2.05) is 11.3 Å². The fourth-order valence-corrected chi connectivity index (χ4v) is 3.08. The normalized spacial score (nSPS) is 18.3. The van der Waals surface area contributed by atoms with Crippen molar-refractivity contribution in [2.75, 3.05) is 18.8 Å². The van der Waals surface area contributed by atoms with Crippen LogP contribution in [0, 0.1) is 5.41 Å². The highest BCUT2D eigenvalue weighted by molar-refractivity contribution is 7.80. The van der Waals surface area contributed by atoms with Crippen LogP contribution >= 0.6 is 24.0 Å². The van der Waals surface area contributed by atoms with Crippen molar-refractivity contribution in [3.63, 3.8) is 0 Å².